The van der Waals surface area contributed by atoms with Gasteiger partial charge in [0.1, 0.15) is 0 Å². The topological polar surface area (TPSA) is 26.3 Å². The number of carbonyl (C=O) groups excluding carboxylic acids is 1. The van der Waals surface area contributed by atoms with Crippen LogP contribution < -0.4 is 0 Å². The molecule has 0 amide bonds. The minimum atomic E-state index is 0.0101. The molecule has 2 fully saturated rings. The number of Topliss-reactive ketones (excluding diaryl/α,β-unsaturated/α-hetero) is 1. The summed E-state index contributed by atoms with van der Waals surface area (Å²) in [5.41, 5.74) is 0.0101. The molecule has 0 N–H and O–H groups in total. The van der Waals surface area contributed by atoms with Crippen molar-refractivity contribution in [1.82, 2.24) is 0 Å². The molecular weight excluding hydrogens is 276 g/mol. The molecule has 1 aromatic rings. The number of carbonyl (C=O) groups is 1. The van der Waals surface area contributed by atoms with Crippen molar-refractivity contribution in [2.24, 2.45) is 5.92 Å². The van der Waals surface area contributed by atoms with E-state index in [-0.39, 0.29) is 11.5 Å². The Kier molecular flexibility index (Phi) is 4.01. The van der Waals surface area contributed by atoms with E-state index in [1.807, 2.05) is 23.9 Å². The highest BCUT2D eigenvalue weighted by molar-refractivity contribution is 7.99. The first kappa shape index (κ1) is 13.7. The van der Waals surface area contributed by atoms with Crippen LogP contribution in [0.1, 0.15) is 40.2 Å². The largest absolute Gasteiger partial charge is 0.375 e. The minimum absolute atomic E-state index is 0.0101. The van der Waals surface area contributed by atoms with Gasteiger partial charge in [0.15, 0.2) is 5.78 Å². The molecule has 0 saturated carbocycles. The lowest BCUT2D eigenvalue weighted by molar-refractivity contribution is -0.0959. The van der Waals surface area contributed by atoms with Crippen molar-refractivity contribution < 1.29 is 9.53 Å². The van der Waals surface area contributed by atoms with Gasteiger partial charge in [-0.25, -0.2) is 0 Å². The van der Waals surface area contributed by atoms with Gasteiger partial charge in [0.05, 0.1) is 10.5 Å². The third-order valence-electron chi connectivity index (χ3n) is 4.25. The molecule has 1 aromatic heterocycles. The van der Waals surface area contributed by atoms with Gasteiger partial charge in [0.2, 0.25) is 0 Å². The highest BCUT2D eigenvalue weighted by Gasteiger charge is 2.41. The Morgan fingerprint density at radius 2 is 2.16 bits per heavy atom. The van der Waals surface area contributed by atoms with E-state index in [4.69, 9.17) is 4.74 Å². The summed E-state index contributed by atoms with van der Waals surface area (Å²) in [5.74, 6) is 2.88. The molecule has 2 aliphatic heterocycles. The molecule has 0 bridgehead atoms. The third kappa shape index (κ3) is 2.91. The number of rotatable bonds is 2. The summed E-state index contributed by atoms with van der Waals surface area (Å²) in [5, 5.41) is 0. The molecular formula is C15H20O2S2. The van der Waals surface area contributed by atoms with Gasteiger partial charge in [0, 0.05) is 17.4 Å². The van der Waals surface area contributed by atoms with E-state index in [1.54, 1.807) is 11.3 Å². The van der Waals surface area contributed by atoms with Crippen LogP contribution >= 0.6 is 23.1 Å². The second-order valence-corrected chi connectivity index (χ2v) is 8.12. The van der Waals surface area contributed by atoms with Crippen LogP contribution in [0.5, 0.6) is 0 Å². The lowest BCUT2D eigenvalue weighted by Gasteiger charge is -2.42. The molecule has 3 heterocycles. The SMILES string of the molecule is Cc1ccc(C(=O)C2CCOC3(CCSCC3)C2)s1. The molecule has 0 radical (unpaired) electrons. The number of ketones is 1. The van der Waals surface area contributed by atoms with Gasteiger partial charge in [-0.3, -0.25) is 4.79 Å². The van der Waals surface area contributed by atoms with E-state index in [9.17, 15) is 4.79 Å². The summed E-state index contributed by atoms with van der Waals surface area (Å²) in [6, 6.07) is 4.03. The maximum absolute atomic E-state index is 12.6. The number of hydrogen-bond acceptors (Lipinski definition) is 4. The molecule has 4 heteroatoms. The first-order valence-corrected chi connectivity index (χ1v) is 8.98. The molecule has 1 unspecified atom stereocenters. The smallest absolute Gasteiger partial charge is 0.176 e. The Bertz CT molecular complexity index is 455. The van der Waals surface area contributed by atoms with Gasteiger partial charge in [0.25, 0.3) is 0 Å². The highest BCUT2D eigenvalue weighted by Crippen LogP contribution is 2.41. The van der Waals surface area contributed by atoms with E-state index < -0.39 is 0 Å². The van der Waals surface area contributed by atoms with Gasteiger partial charge in [-0.05, 0) is 56.2 Å². The summed E-state index contributed by atoms with van der Waals surface area (Å²) < 4.78 is 6.07. The van der Waals surface area contributed by atoms with Crippen LogP contribution in [0.15, 0.2) is 12.1 Å². The van der Waals surface area contributed by atoms with Crippen molar-refractivity contribution in [3.05, 3.63) is 21.9 Å². The standard InChI is InChI=1S/C15H20O2S2/c1-11-2-3-13(19-11)14(16)12-4-7-17-15(10-12)5-8-18-9-6-15/h2-3,12H,4-10H2,1H3. The zero-order valence-electron chi connectivity index (χ0n) is 11.3. The predicted octanol–water partition coefficient (Wildman–Crippen LogP) is 3.93. The zero-order valence-corrected chi connectivity index (χ0v) is 12.9. The van der Waals surface area contributed by atoms with Crippen molar-refractivity contribution in [2.75, 3.05) is 18.1 Å². The number of thiophene rings is 1. The molecule has 1 atom stereocenters. The van der Waals surface area contributed by atoms with Gasteiger partial charge in [-0.15, -0.1) is 11.3 Å². The Hall–Kier alpha value is -0.320. The average molecular weight is 296 g/mol. The fourth-order valence-corrected chi connectivity index (χ4v) is 5.23. The van der Waals surface area contributed by atoms with E-state index >= 15 is 0 Å². The van der Waals surface area contributed by atoms with Crippen LogP contribution in [-0.2, 0) is 4.74 Å². The van der Waals surface area contributed by atoms with Gasteiger partial charge in [-0.2, -0.15) is 11.8 Å². The quantitative estimate of drug-likeness (QED) is 0.773. The number of aryl methyl sites for hydroxylation is 1. The van der Waals surface area contributed by atoms with Crippen molar-refractivity contribution in [2.45, 2.75) is 38.2 Å². The van der Waals surface area contributed by atoms with Crippen molar-refractivity contribution in [3.63, 3.8) is 0 Å². The first-order valence-electron chi connectivity index (χ1n) is 7.01. The maximum Gasteiger partial charge on any atom is 0.176 e. The Morgan fingerprint density at radius 3 is 2.84 bits per heavy atom. The van der Waals surface area contributed by atoms with Crippen molar-refractivity contribution in [1.29, 1.82) is 0 Å². The molecule has 19 heavy (non-hydrogen) atoms. The summed E-state index contributed by atoms with van der Waals surface area (Å²) in [6.45, 7) is 2.82. The molecule has 0 aliphatic carbocycles. The fraction of sp³-hybridized carbons (Fsp3) is 0.667. The Morgan fingerprint density at radius 1 is 1.37 bits per heavy atom. The van der Waals surface area contributed by atoms with Gasteiger partial charge in [-0.1, -0.05) is 0 Å². The molecule has 2 saturated heterocycles. The van der Waals surface area contributed by atoms with E-state index in [0.717, 1.165) is 37.2 Å². The predicted molar refractivity (Wildman–Crippen MR) is 81.4 cm³/mol. The van der Waals surface area contributed by atoms with Crippen LogP contribution in [0, 0.1) is 12.8 Å². The highest BCUT2D eigenvalue weighted by atomic mass is 32.2. The number of ether oxygens (including phenoxy) is 1. The molecule has 0 aromatic carbocycles. The van der Waals surface area contributed by atoms with Gasteiger partial charge < -0.3 is 4.74 Å². The minimum Gasteiger partial charge on any atom is -0.375 e. The average Bonchev–Trinajstić information content (AvgIpc) is 2.85. The molecule has 104 valence electrons. The maximum atomic E-state index is 12.6. The molecule has 3 rings (SSSR count). The summed E-state index contributed by atoms with van der Waals surface area (Å²) in [7, 11) is 0. The molecule has 2 nitrogen and oxygen atoms in total. The monoisotopic (exact) mass is 296 g/mol. The lowest BCUT2D eigenvalue weighted by atomic mass is 9.80. The zero-order chi connectivity index (χ0) is 13.3. The number of thioether (sulfide) groups is 1. The second-order valence-electron chi connectivity index (χ2n) is 5.61. The Labute approximate surface area is 122 Å². The Balaban J connectivity index is 1.72. The van der Waals surface area contributed by atoms with Crippen molar-refractivity contribution in [3.8, 4) is 0 Å². The molecule has 2 aliphatic rings. The summed E-state index contributed by atoms with van der Waals surface area (Å²) in [4.78, 5) is 14.7. The summed E-state index contributed by atoms with van der Waals surface area (Å²) >= 11 is 3.64. The summed E-state index contributed by atoms with van der Waals surface area (Å²) in [6.07, 6.45) is 4.06. The van der Waals surface area contributed by atoms with Gasteiger partial charge >= 0.3 is 0 Å². The van der Waals surface area contributed by atoms with Crippen LogP contribution in [0.4, 0.5) is 0 Å². The van der Waals surface area contributed by atoms with Crippen LogP contribution in [0.3, 0.4) is 0 Å². The third-order valence-corrected chi connectivity index (χ3v) is 6.25. The second kappa shape index (κ2) is 5.58. The normalized spacial score (nSPS) is 26.5. The van der Waals surface area contributed by atoms with Crippen LogP contribution in [-0.4, -0.2) is 29.5 Å². The number of hydrogen-bond donors (Lipinski definition) is 0. The first-order chi connectivity index (χ1) is 9.19. The lowest BCUT2D eigenvalue weighted by Crippen LogP contribution is -2.44. The van der Waals surface area contributed by atoms with E-state index in [0.29, 0.717) is 5.78 Å². The van der Waals surface area contributed by atoms with Crippen LogP contribution in [0.25, 0.3) is 0 Å². The van der Waals surface area contributed by atoms with E-state index in [2.05, 4.69) is 6.92 Å². The fourth-order valence-electron chi connectivity index (χ4n) is 3.11. The molecule has 1 spiro atoms. The van der Waals surface area contributed by atoms with Crippen molar-refractivity contribution >= 4 is 28.9 Å². The van der Waals surface area contributed by atoms with Crippen LogP contribution in [0.2, 0.25) is 0 Å². The van der Waals surface area contributed by atoms with E-state index in [1.165, 1.54) is 16.4 Å².